The summed E-state index contributed by atoms with van der Waals surface area (Å²) in [4.78, 5) is 10.4. The Hall–Kier alpha value is -1.24. The van der Waals surface area contributed by atoms with Crippen LogP contribution >= 0.6 is 35.3 Å². The zero-order valence-corrected chi connectivity index (χ0v) is 22.3. The average Bonchev–Trinajstić information content (AvgIpc) is 2.93. The van der Waals surface area contributed by atoms with Crippen molar-refractivity contribution in [2.75, 3.05) is 6.54 Å². The summed E-state index contributed by atoms with van der Waals surface area (Å²) in [6.07, 6.45) is 0. The fourth-order valence-electron chi connectivity index (χ4n) is 2.76. The molecule has 3 N–H and O–H groups in total. The van der Waals surface area contributed by atoms with E-state index in [4.69, 9.17) is 0 Å². The fourth-order valence-corrected chi connectivity index (χ4v) is 5.29. The summed E-state index contributed by atoms with van der Waals surface area (Å²) in [5.41, 5.74) is 1.10. The van der Waals surface area contributed by atoms with Crippen LogP contribution in [0.5, 0.6) is 0 Å². The monoisotopic (exact) mass is 565 g/mol. The number of nitrogens with zero attached hydrogens (tertiary/aromatic N) is 2. The highest BCUT2D eigenvalue weighted by atomic mass is 127. The van der Waals surface area contributed by atoms with Gasteiger partial charge >= 0.3 is 0 Å². The summed E-state index contributed by atoms with van der Waals surface area (Å²) in [5, 5.41) is 7.54. The molecule has 0 aliphatic heterocycles. The molecule has 168 valence electrons. The van der Waals surface area contributed by atoms with Gasteiger partial charge in [-0.3, -0.25) is 0 Å². The topological polar surface area (TPSA) is 95.5 Å². The molecule has 0 saturated heterocycles. The average molecular weight is 566 g/mol. The number of sulfonamides is 1. The summed E-state index contributed by atoms with van der Waals surface area (Å²) in [5.74, 6) is 0.633. The molecule has 0 amide bonds. The molecule has 2 rings (SSSR count). The highest BCUT2D eigenvalue weighted by Crippen LogP contribution is 2.19. The molecule has 0 saturated carbocycles. The number of rotatable bonds is 7. The summed E-state index contributed by atoms with van der Waals surface area (Å²) >= 11 is 1.66. The van der Waals surface area contributed by atoms with Crippen LogP contribution in [0.25, 0.3) is 0 Å². The van der Waals surface area contributed by atoms with Crippen molar-refractivity contribution in [2.24, 2.45) is 4.99 Å². The second-order valence-electron chi connectivity index (χ2n) is 7.75. The lowest BCUT2D eigenvalue weighted by Gasteiger charge is -2.21. The molecule has 1 aromatic heterocycles. The quantitative estimate of drug-likeness (QED) is 0.270. The lowest BCUT2D eigenvalue weighted by molar-refractivity contribution is 0.491. The van der Waals surface area contributed by atoms with Crippen molar-refractivity contribution in [3.05, 3.63) is 45.4 Å². The van der Waals surface area contributed by atoms with E-state index in [9.17, 15) is 8.42 Å². The number of benzene rings is 1. The molecule has 0 aliphatic carbocycles. The van der Waals surface area contributed by atoms with Crippen molar-refractivity contribution >= 4 is 51.3 Å². The number of halogens is 1. The van der Waals surface area contributed by atoms with Gasteiger partial charge in [0.15, 0.2) is 5.96 Å². The largest absolute Gasteiger partial charge is 0.357 e. The minimum atomic E-state index is -3.63. The minimum Gasteiger partial charge on any atom is -0.357 e. The van der Waals surface area contributed by atoms with Gasteiger partial charge in [0.2, 0.25) is 10.0 Å². The maximum absolute atomic E-state index is 12.8. The van der Waals surface area contributed by atoms with Crippen molar-refractivity contribution in [3.63, 3.8) is 0 Å². The van der Waals surface area contributed by atoms with Crippen LogP contribution in [0.2, 0.25) is 0 Å². The van der Waals surface area contributed by atoms with Gasteiger partial charge < -0.3 is 10.6 Å². The first kappa shape index (κ1) is 26.8. The molecule has 7 nitrogen and oxygen atoms in total. The first-order valence-corrected chi connectivity index (χ1v) is 11.9. The van der Waals surface area contributed by atoms with Crippen molar-refractivity contribution in [1.29, 1.82) is 0 Å². The number of thiazole rings is 1. The van der Waals surface area contributed by atoms with Crippen molar-refractivity contribution in [3.8, 4) is 0 Å². The zero-order chi connectivity index (χ0) is 21.7. The third-order valence-electron chi connectivity index (χ3n) is 3.87. The number of hydrogen-bond acceptors (Lipinski definition) is 5. The first-order chi connectivity index (χ1) is 13.5. The SMILES string of the molecule is CCNC(=NCc1ccccc1S(=O)(=O)NC(C)(C)C)NCc1sc(C)nc1C.I. The second-order valence-corrected chi connectivity index (χ2v) is 10.7. The Morgan fingerprint density at radius 1 is 1.17 bits per heavy atom. The molecule has 0 unspecified atom stereocenters. The van der Waals surface area contributed by atoms with Crippen molar-refractivity contribution in [2.45, 2.75) is 65.1 Å². The Balaban J connectivity index is 0.00000450. The third-order valence-corrected chi connectivity index (χ3v) is 6.80. The number of aryl methyl sites for hydroxylation is 2. The van der Waals surface area contributed by atoms with Crippen LogP contribution in [-0.2, 0) is 23.1 Å². The van der Waals surface area contributed by atoms with Crippen molar-refractivity contribution in [1.82, 2.24) is 20.3 Å². The zero-order valence-electron chi connectivity index (χ0n) is 18.4. The number of aromatic nitrogens is 1. The predicted octanol–water partition coefficient (Wildman–Crippen LogP) is 3.71. The lowest BCUT2D eigenvalue weighted by atomic mass is 10.1. The summed E-state index contributed by atoms with van der Waals surface area (Å²) < 4.78 is 28.3. The summed E-state index contributed by atoms with van der Waals surface area (Å²) in [7, 11) is -3.63. The smallest absolute Gasteiger partial charge is 0.241 e. The molecule has 2 aromatic rings. The minimum absolute atomic E-state index is 0. The van der Waals surface area contributed by atoms with E-state index < -0.39 is 15.6 Å². The molecule has 0 fully saturated rings. The van der Waals surface area contributed by atoms with Gasteiger partial charge in [0, 0.05) is 17.0 Å². The van der Waals surface area contributed by atoms with E-state index in [-0.39, 0.29) is 35.4 Å². The molecule has 0 radical (unpaired) electrons. The molecule has 0 atom stereocenters. The van der Waals surface area contributed by atoms with Crippen LogP contribution in [0.3, 0.4) is 0 Å². The first-order valence-electron chi connectivity index (χ1n) is 9.59. The van der Waals surface area contributed by atoms with Gasteiger partial charge in [0.1, 0.15) is 0 Å². The van der Waals surface area contributed by atoms with Crippen LogP contribution in [0.15, 0.2) is 34.2 Å². The van der Waals surface area contributed by atoms with Crippen LogP contribution in [0.1, 0.15) is 48.8 Å². The number of nitrogens with one attached hydrogen (secondary N) is 3. The van der Waals surface area contributed by atoms with E-state index in [1.807, 2.05) is 47.6 Å². The normalized spacial score (nSPS) is 12.4. The van der Waals surface area contributed by atoms with Gasteiger partial charge in [-0.15, -0.1) is 35.3 Å². The van der Waals surface area contributed by atoms with Gasteiger partial charge in [-0.1, -0.05) is 18.2 Å². The maximum Gasteiger partial charge on any atom is 0.241 e. The maximum atomic E-state index is 12.8. The molecule has 1 aromatic carbocycles. The summed E-state index contributed by atoms with van der Waals surface area (Å²) in [6.45, 7) is 13.0. The van der Waals surface area contributed by atoms with Gasteiger partial charge in [0.05, 0.1) is 28.7 Å². The molecule has 0 aliphatic rings. The van der Waals surface area contributed by atoms with Crippen LogP contribution < -0.4 is 15.4 Å². The fraction of sp³-hybridized carbons (Fsp3) is 0.500. The standard InChI is InChI=1S/C20H31N5O2S2.HI/c1-7-21-19(23-13-17-14(2)24-15(3)28-17)22-12-16-10-8-9-11-18(16)29(26,27)25-20(4,5)6;/h8-11,25H,7,12-13H2,1-6H3,(H2,21,22,23);1H. The number of aliphatic imine (C=N–C) groups is 1. The van der Waals surface area contributed by atoms with E-state index in [0.29, 0.717) is 24.6 Å². The lowest BCUT2D eigenvalue weighted by Crippen LogP contribution is -2.40. The molecule has 30 heavy (non-hydrogen) atoms. The molecular formula is C20H32IN5O2S2. The molecule has 0 bridgehead atoms. The molecule has 10 heteroatoms. The summed E-state index contributed by atoms with van der Waals surface area (Å²) in [6, 6.07) is 6.96. The predicted molar refractivity (Wildman–Crippen MR) is 135 cm³/mol. The number of guanidine groups is 1. The Bertz CT molecular complexity index is 966. The van der Waals surface area contributed by atoms with Gasteiger partial charge in [-0.25, -0.2) is 23.1 Å². The van der Waals surface area contributed by atoms with Crippen LogP contribution in [0, 0.1) is 13.8 Å². The molecule has 0 spiro atoms. The van der Waals surface area contributed by atoms with Crippen LogP contribution in [-0.4, -0.2) is 31.4 Å². The number of hydrogen-bond donors (Lipinski definition) is 3. The Kier molecular flexibility index (Phi) is 10.2. The van der Waals surface area contributed by atoms with Gasteiger partial charge in [-0.2, -0.15) is 0 Å². The van der Waals surface area contributed by atoms with Gasteiger partial charge in [-0.05, 0) is 53.2 Å². The molecule has 1 heterocycles. The van der Waals surface area contributed by atoms with E-state index in [0.717, 1.165) is 15.6 Å². The Morgan fingerprint density at radius 3 is 2.40 bits per heavy atom. The van der Waals surface area contributed by atoms with Crippen LogP contribution in [0.4, 0.5) is 0 Å². The highest BCUT2D eigenvalue weighted by molar-refractivity contribution is 14.0. The molecular weight excluding hydrogens is 533 g/mol. The van der Waals surface area contributed by atoms with E-state index in [1.54, 1.807) is 29.5 Å². The van der Waals surface area contributed by atoms with Crippen molar-refractivity contribution < 1.29 is 8.42 Å². The second kappa shape index (κ2) is 11.4. The highest BCUT2D eigenvalue weighted by Gasteiger charge is 2.24. The van der Waals surface area contributed by atoms with E-state index in [1.165, 1.54) is 0 Å². The third kappa shape index (κ3) is 8.12. The van der Waals surface area contributed by atoms with Gasteiger partial charge in [0.25, 0.3) is 0 Å². The Labute approximate surface area is 201 Å². The van der Waals surface area contributed by atoms with E-state index in [2.05, 4.69) is 25.3 Å². The van der Waals surface area contributed by atoms with E-state index >= 15 is 0 Å². The Morgan fingerprint density at radius 2 is 1.83 bits per heavy atom.